The fourth-order valence-electron chi connectivity index (χ4n) is 0.117. The summed E-state index contributed by atoms with van der Waals surface area (Å²) in [6.07, 6.45) is 5.10. The summed E-state index contributed by atoms with van der Waals surface area (Å²) in [5, 5.41) is 0. The third-order valence-electron chi connectivity index (χ3n) is 0.583. The monoisotopic (exact) mass is 142 g/mol. The maximum absolute atomic E-state index is 9.75. The van der Waals surface area contributed by atoms with Crippen LogP contribution in [-0.2, 0) is 9.53 Å². The molecule has 0 spiro atoms. The molecule has 0 saturated heterocycles. The second kappa shape index (κ2) is 10.8. The third kappa shape index (κ3) is 28.3. The molecule has 0 bridgehead atoms. The van der Waals surface area contributed by atoms with Gasteiger partial charge in [-0.25, -0.2) is 0 Å². The van der Waals surface area contributed by atoms with Crippen LogP contribution in [0.5, 0.6) is 0 Å². The number of allylic oxidation sites excluding steroid dienone is 2. The standard InChI is InChI=1S/C4H6O2.C4H8/c1-3-6-4(2)5;1-3-4-2/h3H,1H2,2H3;3-4H,1-2H3. The molecule has 0 aromatic rings. The summed E-state index contributed by atoms with van der Waals surface area (Å²) in [4.78, 5) is 9.75. The Morgan fingerprint density at radius 1 is 1.40 bits per heavy atom. The second-order valence-corrected chi connectivity index (χ2v) is 1.44. The first-order chi connectivity index (χ1) is 4.68. The highest BCUT2D eigenvalue weighted by molar-refractivity contribution is 5.66. The molecule has 2 heteroatoms. The fourth-order valence-corrected chi connectivity index (χ4v) is 0.117. The lowest BCUT2D eigenvalue weighted by atomic mass is 10.6. The fraction of sp³-hybridized carbons (Fsp3) is 0.375. The molecule has 0 aliphatic rings. The zero-order chi connectivity index (χ0) is 8.41. The number of hydrogen-bond acceptors (Lipinski definition) is 2. The van der Waals surface area contributed by atoms with E-state index < -0.39 is 0 Å². The van der Waals surface area contributed by atoms with Crippen molar-refractivity contribution in [3.63, 3.8) is 0 Å². The molecule has 0 aliphatic heterocycles. The van der Waals surface area contributed by atoms with E-state index in [9.17, 15) is 4.79 Å². The first kappa shape index (κ1) is 11.7. The van der Waals surface area contributed by atoms with E-state index in [0.717, 1.165) is 6.26 Å². The summed E-state index contributed by atoms with van der Waals surface area (Å²) < 4.78 is 4.17. The average Bonchev–Trinajstić information content (AvgIpc) is 1.89. The molecular formula is C8H14O2. The Labute approximate surface area is 62.2 Å². The van der Waals surface area contributed by atoms with Crippen molar-refractivity contribution in [3.8, 4) is 0 Å². The number of rotatable bonds is 1. The highest BCUT2D eigenvalue weighted by atomic mass is 16.5. The molecule has 0 unspecified atom stereocenters. The largest absolute Gasteiger partial charge is 0.435 e. The van der Waals surface area contributed by atoms with Gasteiger partial charge in [0.15, 0.2) is 0 Å². The van der Waals surface area contributed by atoms with Gasteiger partial charge in [0.2, 0.25) is 0 Å². The molecule has 2 nitrogen and oxygen atoms in total. The second-order valence-electron chi connectivity index (χ2n) is 1.44. The Kier molecular flexibility index (Phi) is 12.7. The first-order valence-corrected chi connectivity index (χ1v) is 3.04. The van der Waals surface area contributed by atoms with Gasteiger partial charge in [-0.15, -0.1) is 0 Å². The van der Waals surface area contributed by atoms with Crippen LogP contribution in [0.2, 0.25) is 0 Å². The minimum Gasteiger partial charge on any atom is -0.435 e. The van der Waals surface area contributed by atoms with Gasteiger partial charge in [-0.1, -0.05) is 18.7 Å². The van der Waals surface area contributed by atoms with Gasteiger partial charge in [-0.05, 0) is 13.8 Å². The summed E-state index contributed by atoms with van der Waals surface area (Å²) in [6.45, 7) is 8.48. The lowest BCUT2D eigenvalue weighted by molar-refractivity contribution is -0.135. The number of esters is 1. The summed E-state index contributed by atoms with van der Waals surface area (Å²) in [7, 11) is 0. The molecular weight excluding hydrogens is 128 g/mol. The van der Waals surface area contributed by atoms with Crippen LogP contribution >= 0.6 is 0 Å². The maximum atomic E-state index is 9.75. The van der Waals surface area contributed by atoms with Crippen molar-refractivity contribution in [2.75, 3.05) is 0 Å². The van der Waals surface area contributed by atoms with Crippen LogP contribution in [0.15, 0.2) is 25.0 Å². The van der Waals surface area contributed by atoms with E-state index in [1.54, 1.807) is 0 Å². The van der Waals surface area contributed by atoms with Gasteiger partial charge in [-0.3, -0.25) is 4.79 Å². The molecule has 0 aromatic heterocycles. The minimum atomic E-state index is -0.329. The normalized spacial score (nSPS) is 7.90. The van der Waals surface area contributed by atoms with E-state index in [1.807, 2.05) is 26.0 Å². The van der Waals surface area contributed by atoms with Crippen LogP contribution in [0.25, 0.3) is 0 Å². The quantitative estimate of drug-likeness (QED) is 0.319. The van der Waals surface area contributed by atoms with Crippen molar-refractivity contribution >= 4 is 5.97 Å². The molecule has 0 fully saturated rings. The molecule has 0 heterocycles. The lowest BCUT2D eigenvalue weighted by Gasteiger charge is -1.83. The van der Waals surface area contributed by atoms with Gasteiger partial charge >= 0.3 is 5.97 Å². The van der Waals surface area contributed by atoms with Crippen LogP contribution < -0.4 is 0 Å². The van der Waals surface area contributed by atoms with Gasteiger partial charge in [0.1, 0.15) is 0 Å². The topological polar surface area (TPSA) is 26.3 Å². The molecule has 58 valence electrons. The van der Waals surface area contributed by atoms with Crippen molar-refractivity contribution in [3.05, 3.63) is 25.0 Å². The van der Waals surface area contributed by atoms with Crippen molar-refractivity contribution in [2.24, 2.45) is 0 Å². The third-order valence-corrected chi connectivity index (χ3v) is 0.583. The molecule has 0 rings (SSSR count). The maximum Gasteiger partial charge on any atom is 0.307 e. The summed E-state index contributed by atoms with van der Waals surface area (Å²) >= 11 is 0. The van der Waals surface area contributed by atoms with E-state index in [-0.39, 0.29) is 5.97 Å². The van der Waals surface area contributed by atoms with Crippen molar-refractivity contribution in [1.29, 1.82) is 0 Å². The van der Waals surface area contributed by atoms with E-state index in [1.165, 1.54) is 6.92 Å². The van der Waals surface area contributed by atoms with E-state index in [2.05, 4.69) is 11.3 Å². The Morgan fingerprint density at radius 3 is 1.80 bits per heavy atom. The van der Waals surface area contributed by atoms with Gasteiger partial charge < -0.3 is 4.74 Å². The van der Waals surface area contributed by atoms with Crippen molar-refractivity contribution < 1.29 is 9.53 Å². The minimum absolute atomic E-state index is 0.329. The molecule has 0 radical (unpaired) electrons. The number of carbonyl (C=O) groups excluding carboxylic acids is 1. The molecule has 0 N–H and O–H groups in total. The van der Waals surface area contributed by atoms with Crippen molar-refractivity contribution in [1.82, 2.24) is 0 Å². The average molecular weight is 142 g/mol. The molecule has 10 heavy (non-hydrogen) atoms. The van der Waals surface area contributed by atoms with Gasteiger partial charge in [0.25, 0.3) is 0 Å². The van der Waals surface area contributed by atoms with E-state index in [0.29, 0.717) is 0 Å². The van der Waals surface area contributed by atoms with Gasteiger partial charge in [0, 0.05) is 6.92 Å². The van der Waals surface area contributed by atoms with Crippen LogP contribution in [0.1, 0.15) is 20.8 Å². The molecule has 0 aromatic carbocycles. The Balaban J connectivity index is 0. The van der Waals surface area contributed by atoms with Crippen LogP contribution in [0, 0.1) is 0 Å². The van der Waals surface area contributed by atoms with Gasteiger partial charge in [-0.2, -0.15) is 0 Å². The number of ether oxygens (including phenoxy) is 1. The summed E-state index contributed by atoms with van der Waals surface area (Å²) in [5.74, 6) is -0.329. The highest BCUT2D eigenvalue weighted by Crippen LogP contribution is 1.70. The predicted octanol–water partition coefficient (Wildman–Crippen LogP) is 2.28. The SMILES string of the molecule is C=COC(C)=O.CC=CC. The molecule has 0 atom stereocenters. The number of hydrogen-bond donors (Lipinski definition) is 0. The van der Waals surface area contributed by atoms with E-state index >= 15 is 0 Å². The van der Waals surface area contributed by atoms with Crippen LogP contribution in [0.3, 0.4) is 0 Å². The van der Waals surface area contributed by atoms with Gasteiger partial charge in [0.05, 0.1) is 6.26 Å². The Morgan fingerprint density at radius 2 is 1.80 bits per heavy atom. The zero-order valence-corrected chi connectivity index (χ0v) is 6.76. The lowest BCUT2D eigenvalue weighted by Crippen LogP contribution is -1.87. The molecule has 0 saturated carbocycles. The molecule has 0 amide bonds. The van der Waals surface area contributed by atoms with Crippen molar-refractivity contribution in [2.45, 2.75) is 20.8 Å². The Bertz CT molecular complexity index is 110. The molecule has 0 aliphatic carbocycles. The number of carbonyl (C=O) groups is 1. The smallest absolute Gasteiger partial charge is 0.307 e. The van der Waals surface area contributed by atoms with Crippen LogP contribution in [0.4, 0.5) is 0 Å². The zero-order valence-electron chi connectivity index (χ0n) is 6.76. The summed E-state index contributed by atoms with van der Waals surface area (Å²) in [6, 6.07) is 0. The predicted molar refractivity (Wildman–Crippen MR) is 42.5 cm³/mol. The van der Waals surface area contributed by atoms with Crippen LogP contribution in [-0.4, -0.2) is 5.97 Å². The highest BCUT2D eigenvalue weighted by Gasteiger charge is 1.79. The summed E-state index contributed by atoms with van der Waals surface area (Å²) in [5.41, 5.74) is 0. The van der Waals surface area contributed by atoms with E-state index in [4.69, 9.17) is 0 Å². The first-order valence-electron chi connectivity index (χ1n) is 3.04. The Hall–Kier alpha value is -1.05.